The maximum Gasteiger partial charge on any atom is 0.335 e. The molecule has 2 N–H and O–H groups in total. The van der Waals surface area contributed by atoms with Crippen molar-refractivity contribution in [2.24, 2.45) is 5.92 Å². The van der Waals surface area contributed by atoms with E-state index in [2.05, 4.69) is 41.4 Å². The van der Waals surface area contributed by atoms with Crippen LogP contribution in [0.4, 0.5) is 0 Å². The second-order valence-electron chi connectivity index (χ2n) is 6.65. The van der Waals surface area contributed by atoms with Crippen LogP contribution in [-0.4, -0.2) is 35.1 Å². The van der Waals surface area contributed by atoms with Crippen LogP contribution < -0.4 is 5.32 Å². The van der Waals surface area contributed by atoms with Crippen LogP contribution in [0, 0.1) is 5.92 Å². The molecular weight excluding hydrogens is 300 g/mol. The lowest BCUT2D eigenvalue weighted by molar-refractivity contribution is 0.0696. The van der Waals surface area contributed by atoms with Crippen LogP contribution in [-0.2, 0) is 13.1 Å². The van der Waals surface area contributed by atoms with Gasteiger partial charge in [0.15, 0.2) is 0 Å². The average molecular weight is 324 g/mol. The summed E-state index contributed by atoms with van der Waals surface area (Å²) in [6.45, 7) is 6.07. The van der Waals surface area contributed by atoms with Crippen molar-refractivity contribution < 1.29 is 9.90 Å². The van der Waals surface area contributed by atoms with Gasteiger partial charge in [-0.15, -0.1) is 0 Å². The predicted molar refractivity (Wildman–Crippen MR) is 94.9 cm³/mol. The number of rotatable bonds is 6. The fourth-order valence-corrected chi connectivity index (χ4v) is 3.37. The molecule has 4 nitrogen and oxygen atoms in total. The number of carboxylic acids is 1. The van der Waals surface area contributed by atoms with E-state index in [4.69, 9.17) is 5.11 Å². The van der Waals surface area contributed by atoms with Gasteiger partial charge in [-0.3, -0.25) is 4.90 Å². The number of nitrogens with one attached hydrogen (secondary N) is 1. The molecule has 24 heavy (non-hydrogen) atoms. The molecule has 4 heteroatoms. The Morgan fingerprint density at radius 1 is 1.12 bits per heavy atom. The van der Waals surface area contributed by atoms with E-state index in [1.807, 2.05) is 12.1 Å². The van der Waals surface area contributed by atoms with Gasteiger partial charge in [-0.25, -0.2) is 4.79 Å². The zero-order valence-electron chi connectivity index (χ0n) is 14.0. The molecular formula is C20H24N2O2. The number of hydrogen-bond acceptors (Lipinski definition) is 3. The minimum atomic E-state index is -0.875. The third-order valence-electron chi connectivity index (χ3n) is 4.68. The molecule has 2 aromatic carbocycles. The Hall–Kier alpha value is -2.17. The Balaban J connectivity index is 1.54. The molecule has 0 saturated carbocycles. The zero-order chi connectivity index (χ0) is 16.9. The number of hydrogen-bond donors (Lipinski definition) is 2. The molecule has 0 radical (unpaired) electrons. The first-order valence-electron chi connectivity index (χ1n) is 8.43. The third kappa shape index (κ3) is 4.22. The molecule has 2 aromatic rings. The smallest absolute Gasteiger partial charge is 0.335 e. The summed E-state index contributed by atoms with van der Waals surface area (Å²) in [5.41, 5.74) is 2.71. The van der Waals surface area contributed by atoms with E-state index in [0.29, 0.717) is 24.1 Å². The molecule has 2 atom stereocenters. The van der Waals surface area contributed by atoms with E-state index in [1.54, 1.807) is 18.2 Å². The second kappa shape index (κ2) is 7.60. The first kappa shape index (κ1) is 16.7. The van der Waals surface area contributed by atoms with Crippen LogP contribution in [0.2, 0.25) is 0 Å². The van der Waals surface area contributed by atoms with Crippen LogP contribution in [0.1, 0.15) is 28.4 Å². The molecule has 0 bridgehead atoms. The van der Waals surface area contributed by atoms with Gasteiger partial charge >= 0.3 is 5.97 Å². The molecule has 126 valence electrons. The van der Waals surface area contributed by atoms with E-state index in [-0.39, 0.29) is 0 Å². The van der Waals surface area contributed by atoms with Crippen molar-refractivity contribution in [3.8, 4) is 0 Å². The number of benzene rings is 2. The van der Waals surface area contributed by atoms with Gasteiger partial charge in [-0.05, 0) is 29.2 Å². The fraction of sp³-hybridized carbons (Fsp3) is 0.350. The highest BCUT2D eigenvalue weighted by atomic mass is 16.4. The minimum Gasteiger partial charge on any atom is -0.478 e. The van der Waals surface area contributed by atoms with Gasteiger partial charge in [0.2, 0.25) is 0 Å². The van der Waals surface area contributed by atoms with Crippen molar-refractivity contribution in [1.29, 1.82) is 0 Å². The first-order valence-corrected chi connectivity index (χ1v) is 8.43. The lowest BCUT2D eigenvalue weighted by atomic mass is 10.1. The minimum absolute atomic E-state index is 0.347. The highest BCUT2D eigenvalue weighted by molar-refractivity contribution is 5.87. The molecule has 0 spiro atoms. The summed E-state index contributed by atoms with van der Waals surface area (Å²) in [6.07, 6.45) is 0. The second-order valence-corrected chi connectivity index (χ2v) is 6.65. The Morgan fingerprint density at radius 3 is 2.62 bits per heavy atom. The van der Waals surface area contributed by atoms with Crippen LogP contribution in [0.5, 0.6) is 0 Å². The van der Waals surface area contributed by atoms with Gasteiger partial charge in [0.05, 0.1) is 5.56 Å². The molecule has 0 aliphatic carbocycles. The molecule has 0 amide bonds. The Labute approximate surface area is 143 Å². The van der Waals surface area contributed by atoms with Crippen LogP contribution in [0.15, 0.2) is 54.6 Å². The normalized spacial score (nSPS) is 21.0. The van der Waals surface area contributed by atoms with Crippen molar-refractivity contribution in [3.63, 3.8) is 0 Å². The molecule has 1 aliphatic heterocycles. The summed E-state index contributed by atoms with van der Waals surface area (Å²) < 4.78 is 0. The summed E-state index contributed by atoms with van der Waals surface area (Å²) in [4.78, 5) is 13.5. The number of likely N-dealkylation sites (tertiary alicyclic amines) is 1. The summed E-state index contributed by atoms with van der Waals surface area (Å²) in [7, 11) is 0. The molecule has 1 saturated heterocycles. The number of carboxylic acid groups (broad SMARTS) is 1. The van der Waals surface area contributed by atoms with Crippen LogP contribution in [0.3, 0.4) is 0 Å². The van der Waals surface area contributed by atoms with Gasteiger partial charge in [-0.2, -0.15) is 0 Å². The maximum atomic E-state index is 11.1. The highest BCUT2D eigenvalue weighted by Gasteiger charge is 2.28. The number of aromatic carboxylic acids is 1. The standard InChI is InChI=1S/C20H24N2O2/c1-15-12-22(13-16-6-3-2-4-7-16)14-19(15)21-11-17-8-5-9-18(10-17)20(23)24/h2-10,15,19,21H,11-14H2,1H3,(H,23,24). The molecule has 2 unspecified atom stereocenters. The van der Waals surface area contributed by atoms with Gasteiger partial charge in [-0.1, -0.05) is 49.4 Å². The molecule has 3 rings (SSSR count). The van der Waals surface area contributed by atoms with E-state index in [0.717, 1.165) is 25.2 Å². The summed E-state index contributed by atoms with van der Waals surface area (Å²) >= 11 is 0. The lowest BCUT2D eigenvalue weighted by Crippen LogP contribution is -2.35. The Kier molecular flexibility index (Phi) is 5.28. The SMILES string of the molecule is CC1CN(Cc2ccccc2)CC1NCc1cccc(C(=O)O)c1. The monoisotopic (exact) mass is 324 g/mol. The summed E-state index contributed by atoms with van der Waals surface area (Å²) in [6, 6.07) is 18.1. The fourth-order valence-electron chi connectivity index (χ4n) is 3.37. The van der Waals surface area contributed by atoms with Crippen LogP contribution >= 0.6 is 0 Å². The maximum absolute atomic E-state index is 11.1. The molecule has 1 aliphatic rings. The topological polar surface area (TPSA) is 52.6 Å². The highest BCUT2D eigenvalue weighted by Crippen LogP contribution is 2.19. The average Bonchev–Trinajstić information content (AvgIpc) is 2.93. The predicted octanol–water partition coefficient (Wildman–Crippen LogP) is 2.99. The third-order valence-corrected chi connectivity index (χ3v) is 4.68. The van der Waals surface area contributed by atoms with Gasteiger partial charge in [0, 0.05) is 32.2 Å². The first-order chi connectivity index (χ1) is 11.6. The van der Waals surface area contributed by atoms with Gasteiger partial charge in [0.25, 0.3) is 0 Å². The van der Waals surface area contributed by atoms with Crippen molar-refractivity contribution >= 4 is 5.97 Å². The van der Waals surface area contributed by atoms with Crippen molar-refractivity contribution in [3.05, 3.63) is 71.3 Å². The Morgan fingerprint density at radius 2 is 1.88 bits per heavy atom. The van der Waals surface area contributed by atoms with Crippen LogP contribution in [0.25, 0.3) is 0 Å². The largest absolute Gasteiger partial charge is 0.478 e. The summed E-state index contributed by atoms with van der Waals surface area (Å²) in [5.74, 6) is -0.295. The van der Waals surface area contributed by atoms with E-state index < -0.39 is 5.97 Å². The van der Waals surface area contributed by atoms with E-state index in [9.17, 15) is 4.79 Å². The zero-order valence-corrected chi connectivity index (χ0v) is 14.0. The van der Waals surface area contributed by atoms with Crippen molar-refractivity contribution in [2.75, 3.05) is 13.1 Å². The van der Waals surface area contributed by atoms with Crippen molar-refractivity contribution in [1.82, 2.24) is 10.2 Å². The number of carbonyl (C=O) groups is 1. The molecule has 1 fully saturated rings. The molecule has 1 heterocycles. The van der Waals surface area contributed by atoms with Gasteiger partial charge < -0.3 is 10.4 Å². The van der Waals surface area contributed by atoms with E-state index in [1.165, 1.54) is 5.56 Å². The van der Waals surface area contributed by atoms with Crippen molar-refractivity contribution in [2.45, 2.75) is 26.1 Å². The quantitative estimate of drug-likeness (QED) is 0.858. The van der Waals surface area contributed by atoms with E-state index >= 15 is 0 Å². The lowest BCUT2D eigenvalue weighted by Gasteiger charge is -2.17. The van der Waals surface area contributed by atoms with Gasteiger partial charge in [0.1, 0.15) is 0 Å². The Bertz CT molecular complexity index is 687. The number of nitrogens with zero attached hydrogens (tertiary/aromatic N) is 1. The molecule has 0 aromatic heterocycles. The summed E-state index contributed by atoms with van der Waals surface area (Å²) in [5, 5.41) is 12.7.